The van der Waals surface area contributed by atoms with Crippen LogP contribution >= 0.6 is 0 Å². The van der Waals surface area contributed by atoms with Gasteiger partial charge in [0.05, 0.1) is 26.4 Å². The monoisotopic (exact) mass is 254 g/mol. The highest BCUT2D eigenvalue weighted by atomic mass is 16.5. The zero-order valence-electron chi connectivity index (χ0n) is 11.8. The fourth-order valence-electron chi connectivity index (χ4n) is 1.45. The third-order valence-corrected chi connectivity index (χ3v) is 2.68. The number of carbonyl (C=O) groups is 1. The van der Waals surface area contributed by atoms with Gasteiger partial charge in [-0.05, 0) is 6.54 Å². The summed E-state index contributed by atoms with van der Waals surface area (Å²) >= 11 is 0. The third-order valence-electron chi connectivity index (χ3n) is 2.68. The Kier molecular flexibility index (Phi) is 4.90. The van der Waals surface area contributed by atoms with Crippen LogP contribution in [0, 0.1) is 0 Å². The highest BCUT2D eigenvalue weighted by Gasteiger charge is 2.20. The summed E-state index contributed by atoms with van der Waals surface area (Å²) in [6.07, 6.45) is 1.75. The van der Waals surface area contributed by atoms with Crippen LogP contribution in [0.1, 0.15) is 39.3 Å². The largest absolute Gasteiger partial charge is 0.468 e. The lowest BCUT2D eigenvalue weighted by Gasteiger charge is -2.17. The molecule has 0 atom stereocenters. The number of hydrogen-bond donors (Lipinski definition) is 0. The molecule has 0 spiro atoms. The number of aromatic nitrogens is 1. The van der Waals surface area contributed by atoms with Gasteiger partial charge >= 0.3 is 5.97 Å². The molecular weight excluding hydrogens is 232 g/mol. The maximum Gasteiger partial charge on any atom is 0.319 e. The van der Waals surface area contributed by atoms with Gasteiger partial charge in [0.15, 0.2) is 0 Å². The van der Waals surface area contributed by atoms with Crippen LogP contribution in [-0.2, 0) is 21.5 Å². The van der Waals surface area contributed by atoms with Crippen molar-refractivity contribution in [1.82, 2.24) is 9.88 Å². The summed E-state index contributed by atoms with van der Waals surface area (Å²) in [5.74, 6) is 1.23. The first-order valence-corrected chi connectivity index (χ1v) is 6.11. The maximum atomic E-state index is 11.2. The van der Waals surface area contributed by atoms with Gasteiger partial charge in [0, 0.05) is 5.41 Å². The average Bonchev–Trinajstić information content (AvgIpc) is 2.76. The van der Waals surface area contributed by atoms with Crippen molar-refractivity contribution < 1.29 is 13.9 Å². The van der Waals surface area contributed by atoms with Gasteiger partial charge in [-0.1, -0.05) is 27.7 Å². The van der Waals surface area contributed by atoms with Gasteiger partial charge in [0.1, 0.15) is 5.76 Å². The van der Waals surface area contributed by atoms with Gasteiger partial charge in [-0.25, -0.2) is 4.98 Å². The number of ether oxygens (including phenoxy) is 1. The van der Waals surface area contributed by atoms with E-state index in [1.54, 1.807) is 6.20 Å². The number of esters is 1. The summed E-state index contributed by atoms with van der Waals surface area (Å²) in [5.41, 5.74) is -0.0509. The van der Waals surface area contributed by atoms with E-state index in [-0.39, 0.29) is 17.9 Å². The van der Waals surface area contributed by atoms with E-state index in [0.29, 0.717) is 12.4 Å². The maximum absolute atomic E-state index is 11.2. The molecular formula is C13H22N2O3. The molecule has 0 saturated heterocycles. The minimum Gasteiger partial charge on any atom is -0.468 e. The lowest BCUT2D eigenvalue weighted by atomic mass is 9.94. The predicted octanol–water partition coefficient (Wildman–Crippen LogP) is 1.97. The molecule has 0 radical (unpaired) electrons. The van der Waals surface area contributed by atoms with Crippen molar-refractivity contribution in [2.75, 3.05) is 20.2 Å². The zero-order valence-corrected chi connectivity index (χ0v) is 11.8. The molecule has 0 unspecified atom stereocenters. The van der Waals surface area contributed by atoms with Crippen LogP contribution in [0.4, 0.5) is 0 Å². The van der Waals surface area contributed by atoms with Gasteiger partial charge in [0.25, 0.3) is 0 Å². The molecule has 5 nitrogen and oxygen atoms in total. The van der Waals surface area contributed by atoms with E-state index in [1.165, 1.54) is 7.11 Å². The normalized spacial score (nSPS) is 11.9. The second-order valence-corrected chi connectivity index (χ2v) is 5.25. The van der Waals surface area contributed by atoms with Crippen LogP contribution in [-0.4, -0.2) is 36.1 Å². The van der Waals surface area contributed by atoms with Crippen LogP contribution in [0.2, 0.25) is 0 Å². The minimum absolute atomic E-state index is 0.0509. The van der Waals surface area contributed by atoms with Gasteiger partial charge in [0.2, 0.25) is 5.89 Å². The standard InChI is InChI=1S/C13H22N2O3/c1-6-15(9-12(16)17-5)8-11-14-7-10(18-11)13(2,3)4/h7H,6,8-9H2,1-5H3. The molecule has 1 aromatic rings. The van der Waals surface area contributed by atoms with E-state index in [2.05, 4.69) is 30.5 Å². The Morgan fingerprint density at radius 3 is 2.61 bits per heavy atom. The first kappa shape index (κ1) is 14.7. The van der Waals surface area contributed by atoms with Crippen molar-refractivity contribution in [1.29, 1.82) is 0 Å². The van der Waals surface area contributed by atoms with E-state index < -0.39 is 0 Å². The molecule has 1 heterocycles. The van der Waals surface area contributed by atoms with Crippen LogP contribution in [0.15, 0.2) is 10.6 Å². The molecule has 0 saturated carbocycles. The van der Waals surface area contributed by atoms with Crippen molar-refractivity contribution in [3.63, 3.8) is 0 Å². The Morgan fingerprint density at radius 2 is 2.17 bits per heavy atom. The van der Waals surface area contributed by atoms with Crippen molar-refractivity contribution in [3.8, 4) is 0 Å². The molecule has 5 heteroatoms. The molecule has 102 valence electrons. The van der Waals surface area contributed by atoms with Gasteiger partial charge in [-0.15, -0.1) is 0 Å². The molecule has 0 fully saturated rings. The Bertz CT molecular complexity index is 393. The van der Waals surface area contributed by atoms with Crippen molar-refractivity contribution in [2.45, 2.75) is 39.7 Å². The Morgan fingerprint density at radius 1 is 1.50 bits per heavy atom. The molecule has 18 heavy (non-hydrogen) atoms. The molecule has 0 amide bonds. The molecule has 0 aromatic carbocycles. The fourth-order valence-corrected chi connectivity index (χ4v) is 1.45. The van der Waals surface area contributed by atoms with E-state index >= 15 is 0 Å². The molecule has 0 N–H and O–H groups in total. The SMILES string of the molecule is CCN(CC(=O)OC)Cc1ncc(C(C)(C)C)o1. The van der Waals surface area contributed by atoms with E-state index in [0.717, 1.165) is 12.3 Å². The minimum atomic E-state index is -0.251. The summed E-state index contributed by atoms with van der Waals surface area (Å²) in [6, 6.07) is 0. The first-order chi connectivity index (χ1) is 8.36. The number of oxazole rings is 1. The summed E-state index contributed by atoms with van der Waals surface area (Å²) in [6.45, 7) is 9.71. The number of methoxy groups -OCH3 is 1. The lowest BCUT2D eigenvalue weighted by Crippen LogP contribution is -2.30. The Hall–Kier alpha value is -1.36. The summed E-state index contributed by atoms with van der Waals surface area (Å²) in [4.78, 5) is 17.4. The summed E-state index contributed by atoms with van der Waals surface area (Å²) in [5, 5.41) is 0. The summed E-state index contributed by atoms with van der Waals surface area (Å²) < 4.78 is 10.3. The van der Waals surface area contributed by atoms with E-state index in [4.69, 9.17) is 4.42 Å². The second kappa shape index (κ2) is 6.00. The molecule has 0 aliphatic heterocycles. The van der Waals surface area contributed by atoms with E-state index in [1.807, 2.05) is 11.8 Å². The number of likely N-dealkylation sites (N-methyl/N-ethyl adjacent to an activating group) is 1. The number of rotatable bonds is 5. The van der Waals surface area contributed by atoms with Crippen LogP contribution in [0.3, 0.4) is 0 Å². The van der Waals surface area contributed by atoms with Crippen LogP contribution in [0.25, 0.3) is 0 Å². The summed E-state index contributed by atoms with van der Waals surface area (Å²) in [7, 11) is 1.39. The van der Waals surface area contributed by atoms with Gasteiger partial charge in [-0.2, -0.15) is 0 Å². The molecule has 0 aliphatic rings. The third kappa shape index (κ3) is 4.14. The van der Waals surface area contributed by atoms with Crippen LogP contribution < -0.4 is 0 Å². The second-order valence-electron chi connectivity index (χ2n) is 5.25. The quantitative estimate of drug-likeness (QED) is 0.752. The Balaban J connectivity index is 2.65. The molecule has 1 rings (SSSR count). The lowest BCUT2D eigenvalue weighted by molar-refractivity contribution is -0.142. The van der Waals surface area contributed by atoms with Crippen molar-refractivity contribution in [3.05, 3.63) is 17.8 Å². The predicted molar refractivity (Wildman–Crippen MR) is 68.2 cm³/mol. The number of hydrogen-bond acceptors (Lipinski definition) is 5. The molecule has 1 aromatic heterocycles. The smallest absolute Gasteiger partial charge is 0.319 e. The fraction of sp³-hybridized carbons (Fsp3) is 0.692. The highest BCUT2D eigenvalue weighted by molar-refractivity contribution is 5.71. The van der Waals surface area contributed by atoms with Gasteiger partial charge in [-0.3, -0.25) is 9.69 Å². The highest BCUT2D eigenvalue weighted by Crippen LogP contribution is 2.23. The zero-order chi connectivity index (χ0) is 13.8. The average molecular weight is 254 g/mol. The van der Waals surface area contributed by atoms with E-state index in [9.17, 15) is 4.79 Å². The Labute approximate surface area is 108 Å². The van der Waals surface area contributed by atoms with Crippen molar-refractivity contribution in [2.24, 2.45) is 0 Å². The van der Waals surface area contributed by atoms with Crippen molar-refractivity contribution >= 4 is 5.97 Å². The first-order valence-electron chi connectivity index (χ1n) is 6.11. The van der Waals surface area contributed by atoms with Crippen LogP contribution in [0.5, 0.6) is 0 Å². The number of carbonyl (C=O) groups excluding carboxylic acids is 1. The molecule has 0 bridgehead atoms. The topological polar surface area (TPSA) is 55.6 Å². The van der Waals surface area contributed by atoms with Gasteiger partial charge < -0.3 is 9.15 Å². The number of nitrogens with zero attached hydrogens (tertiary/aromatic N) is 2. The molecule has 0 aliphatic carbocycles.